The number of carbonyl (C=O) groups is 1. The smallest absolute Gasteiger partial charge is 0.254 e. The van der Waals surface area contributed by atoms with Crippen molar-refractivity contribution in [3.05, 3.63) is 53.7 Å². The van der Waals surface area contributed by atoms with Gasteiger partial charge in [-0.3, -0.25) is 4.79 Å². The highest BCUT2D eigenvalue weighted by Gasteiger charge is 2.29. The lowest BCUT2D eigenvalue weighted by molar-refractivity contribution is 0.0303. The number of ether oxygens (including phenoxy) is 2. The minimum Gasteiger partial charge on any atom is -0.490 e. The first kappa shape index (κ1) is 22.2. The lowest BCUT2D eigenvalue weighted by Gasteiger charge is -2.26. The second kappa shape index (κ2) is 9.79. The Balaban J connectivity index is 1.20. The summed E-state index contributed by atoms with van der Waals surface area (Å²) in [5, 5.41) is 7.71. The molecule has 2 aliphatic heterocycles. The van der Waals surface area contributed by atoms with E-state index in [4.69, 9.17) is 14.5 Å². The topological polar surface area (TPSA) is 88.6 Å². The third kappa shape index (κ3) is 5.09. The molecule has 0 radical (unpaired) electrons. The van der Waals surface area contributed by atoms with Crippen LogP contribution in [-0.4, -0.2) is 66.3 Å². The van der Waals surface area contributed by atoms with Crippen molar-refractivity contribution in [2.75, 3.05) is 44.7 Å². The van der Waals surface area contributed by atoms with Crippen molar-refractivity contribution in [3.63, 3.8) is 0 Å². The van der Waals surface area contributed by atoms with Gasteiger partial charge in [0, 0.05) is 42.0 Å². The van der Waals surface area contributed by atoms with Gasteiger partial charge in [-0.05, 0) is 80.6 Å². The van der Waals surface area contributed by atoms with Crippen LogP contribution in [0.25, 0.3) is 10.9 Å². The van der Waals surface area contributed by atoms with Crippen molar-refractivity contribution in [3.8, 4) is 5.75 Å². The highest BCUT2D eigenvalue weighted by molar-refractivity contribution is 5.94. The zero-order valence-corrected chi connectivity index (χ0v) is 19.8. The van der Waals surface area contributed by atoms with Crippen LogP contribution in [0.4, 0.5) is 11.6 Å². The van der Waals surface area contributed by atoms with E-state index in [0.29, 0.717) is 43.7 Å². The van der Waals surface area contributed by atoms with Gasteiger partial charge in [-0.15, -0.1) is 0 Å². The maximum absolute atomic E-state index is 12.7. The summed E-state index contributed by atoms with van der Waals surface area (Å²) in [5.41, 5.74) is 3.67. The van der Waals surface area contributed by atoms with Gasteiger partial charge in [0.1, 0.15) is 11.9 Å². The summed E-state index contributed by atoms with van der Waals surface area (Å²) in [4.78, 5) is 23.8. The molecule has 3 aromatic rings. The Bertz CT molecular complexity index is 1200. The van der Waals surface area contributed by atoms with Crippen LogP contribution in [-0.2, 0) is 4.74 Å². The Morgan fingerprint density at radius 2 is 1.83 bits per heavy atom. The van der Waals surface area contributed by atoms with E-state index in [1.807, 2.05) is 35.4 Å². The van der Waals surface area contributed by atoms with Crippen LogP contribution in [0, 0.1) is 0 Å². The van der Waals surface area contributed by atoms with Crippen molar-refractivity contribution < 1.29 is 14.3 Å². The Kier molecular flexibility index (Phi) is 6.22. The molecule has 1 aromatic heterocycles. The second-order valence-electron chi connectivity index (χ2n) is 9.59. The lowest BCUT2D eigenvalue weighted by Crippen LogP contribution is -2.40. The first-order chi connectivity index (χ1) is 17.2. The maximum Gasteiger partial charge on any atom is 0.254 e. The summed E-state index contributed by atoms with van der Waals surface area (Å²) < 4.78 is 11.8. The Hall–Kier alpha value is -3.23. The highest BCUT2D eigenvalue weighted by atomic mass is 16.5. The lowest BCUT2D eigenvalue weighted by atomic mass is 10.1. The number of nitrogens with zero attached hydrogens (tertiary/aromatic N) is 3. The number of carbonyl (C=O) groups excluding carboxylic acids is 1. The molecule has 1 aliphatic carbocycles. The van der Waals surface area contributed by atoms with E-state index in [-0.39, 0.29) is 12.0 Å². The zero-order valence-electron chi connectivity index (χ0n) is 19.8. The number of piperidine rings is 1. The molecular formula is C27H31N5O3. The van der Waals surface area contributed by atoms with Crippen LogP contribution in [0.5, 0.6) is 5.75 Å². The Morgan fingerprint density at radius 1 is 1.06 bits per heavy atom. The van der Waals surface area contributed by atoms with Crippen LogP contribution in [0.2, 0.25) is 0 Å². The molecule has 3 fully saturated rings. The molecule has 182 valence electrons. The monoisotopic (exact) mass is 473 g/mol. The summed E-state index contributed by atoms with van der Waals surface area (Å²) in [6.45, 7) is 4.47. The Labute approximate surface area is 205 Å². The number of rotatable bonds is 6. The molecule has 1 amide bonds. The molecule has 8 heteroatoms. The van der Waals surface area contributed by atoms with Gasteiger partial charge in [-0.2, -0.15) is 0 Å². The van der Waals surface area contributed by atoms with Crippen molar-refractivity contribution >= 4 is 28.4 Å². The van der Waals surface area contributed by atoms with E-state index in [9.17, 15) is 4.79 Å². The van der Waals surface area contributed by atoms with Gasteiger partial charge < -0.3 is 25.0 Å². The Morgan fingerprint density at radius 3 is 2.57 bits per heavy atom. The standard InChI is InChI=1S/C27H31N5O3/c33-26(32-11-13-34-14-12-32)19-3-5-21(6-4-19)30-27-29-17-20-15-23(18-1-2-18)25(16-24(20)31-27)35-22-7-9-28-10-8-22/h3-6,15-18,22,28H,1-2,7-14H2,(H,29,30,31). The molecule has 2 N–H and O–H groups in total. The minimum absolute atomic E-state index is 0.0366. The van der Waals surface area contributed by atoms with Gasteiger partial charge in [-0.1, -0.05) is 0 Å². The van der Waals surface area contributed by atoms with Crippen LogP contribution in [0.1, 0.15) is 47.5 Å². The third-order valence-electron chi connectivity index (χ3n) is 6.99. The number of nitrogens with one attached hydrogen (secondary N) is 2. The largest absolute Gasteiger partial charge is 0.490 e. The molecule has 0 unspecified atom stereocenters. The number of fused-ring (bicyclic) bond motifs is 1. The van der Waals surface area contributed by atoms with E-state index >= 15 is 0 Å². The van der Waals surface area contributed by atoms with Crippen molar-refractivity contribution in [1.82, 2.24) is 20.2 Å². The molecule has 35 heavy (non-hydrogen) atoms. The molecule has 1 saturated carbocycles. The maximum atomic E-state index is 12.7. The molecule has 6 rings (SSSR count). The minimum atomic E-state index is 0.0366. The summed E-state index contributed by atoms with van der Waals surface area (Å²) in [7, 11) is 0. The number of hydrogen-bond donors (Lipinski definition) is 2. The van der Waals surface area contributed by atoms with Gasteiger partial charge >= 0.3 is 0 Å². The van der Waals surface area contributed by atoms with Gasteiger partial charge in [0.25, 0.3) is 5.91 Å². The zero-order chi connectivity index (χ0) is 23.6. The van der Waals surface area contributed by atoms with Crippen molar-refractivity contribution in [2.24, 2.45) is 0 Å². The number of amides is 1. The fourth-order valence-electron chi connectivity index (χ4n) is 4.82. The summed E-state index contributed by atoms with van der Waals surface area (Å²) in [6.07, 6.45) is 6.63. The molecular weight excluding hydrogens is 442 g/mol. The van der Waals surface area contributed by atoms with E-state index < -0.39 is 0 Å². The number of hydrogen-bond acceptors (Lipinski definition) is 7. The van der Waals surface area contributed by atoms with Gasteiger partial charge in [0.05, 0.1) is 18.7 Å². The predicted octanol–water partition coefficient (Wildman–Crippen LogP) is 3.85. The molecule has 2 aromatic carbocycles. The normalized spacial score (nSPS) is 19.0. The van der Waals surface area contributed by atoms with Crippen molar-refractivity contribution in [2.45, 2.75) is 37.7 Å². The van der Waals surface area contributed by atoms with E-state index in [1.54, 1.807) is 0 Å². The first-order valence-corrected chi connectivity index (χ1v) is 12.6. The molecule has 3 aliphatic rings. The number of benzene rings is 2. The number of anilines is 2. The fraction of sp³-hybridized carbons (Fsp3) is 0.444. The highest BCUT2D eigenvalue weighted by Crippen LogP contribution is 2.46. The van der Waals surface area contributed by atoms with Crippen LogP contribution >= 0.6 is 0 Å². The van der Waals surface area contributed by atoms with E-state index in [2.05, 4.69) is 27.8 Å². The fourth-order valence-corrected chi connectivity index (χ4v) is 4.82. The molecule has 2 saturated heterocycles. The van der Waals surface area contributed by atoms with Crippen molar-refractivity contribution in [1.29, 1.82) is 0 Å². The molecule has 0 bridgehead atoms. The van der Waals surface area contributed by atoms with Gasteiger partial charge in [-0.25, -0.2) is 9.97 Å². The average Bonchev–Trinajstić information content (AvgIpc) is 3.75. The summed E-state index contributed by atoms with van der Waals surface area (Å²) in [5.74, 6) is 2.13. The van der Waals surface area contributed by atoms with Gasteiger partial charge in [0.15, 0.2) is 0 Å². The number of morpholine rings is 1. The third-order valence-corrected chi connectivity index (χ3v) is 6.99. The summed E-state index contributed by atoms with van der Waals surface area (Å²) in [6, 6.07) is 11.8. The van der Waals surface area contributed by atoms with E-state index in [0.717, 1.165) is 48.3 Å². The van der Waals surface area contributed by atoms with Crippen LogP contribution in [0.3, 0.4) is 0 Å². The first-order valence-electron chi connectivity index (χ1n) is 12.6. The van der Waals surface area contributed by atoms with Gasteiger partial charge in [0.2, 0.25) is 5.95 Å². The van der Waals surface area contributed by atoms with Crippen LogP contribution in [0.15, 0.2) is 42.6 Å². The van der Waals surface area contributed by atoms with E-state index in [1.165, 1.54) is 18.4 Å². The van der Waals surface area contributed by atoms with Crippen LogP contribution < -0.4 is 15.4 Å². The summed E-state index contributed by atoms with van der Waals surface area (Å²) >= 11 is 0. The number of aromatic nitrogens is 2. The molecule has 0 atom stereocenters. The quantitative estimate of drug-likeness (QED) is 0.562. The molecule has 8 nitrogen and oxygen atoms in total. The molecule has 0 spiro atoms. The second-order valence-corrected chi connectivity index (χ2v) is 9.59. The molecule has 3 heterocycles. The predicted molar refractivity (Wildman–Crippen MR) is 134 cm³/mol. The SMILES string of the molecule is O=C(c1ccc(Nc2ncc3cc(C4CC4)c(OC4CCNCC4)cc3n2)cc1)N1CCOCC1. The average molecular weight is 474 g/mol.